The third kappa shape index (κ3) is 3.73. The number of hydrogen-bond acceptors (Lipinski definition) is 7. The van der Waals surface area contributed by atoms with E-state index in [1.54, 1.807) is 30.6 Å². The minimum absolute atomic E-state index is 0.202. The predicted octanol–water partition coefficient (Wildman–Crippen LogP) is 0.445. The Hall–Kier alpha value is -3.24. The van der Waals surface area contributed by atoms with Crippen molar-refractivity contribution in [3.8, 4) is 17.3 Å². The number of nitrogens with zero attached hydrogens (tertiary/aromatic N) is 4. The van der Waals surface area contributed by atoms with Crippen LogP contribution in [0.1, 0.15) is 23.2 Å². The fourth-order valence-electron chi connectivity index (χ4n) is 3.01. The summed E-state index contributed by atoms with van der Waals surface area (Å²) >= 11 is 0. The average Bonchev–Trinajstić information content (AvgIpc) is 3.16. The Morgan fingerprint density at radius 2 is 2.07 bits per heavy atom. The molecule has 10 heteroatoms. The summed E-state index contributed by atoms with van der Waals surface area (Å²) in [4.78, 5) is 17.3. The number of aromatic nitrogens is 4. The van der Waals surface area contributed by atoms with E-state index in [1.807, 2.05) is 4.57 Å². The Bertz CT molecular complexity index is 1010. The maximum atomic E-state index is 12.8. The van der Waals surface area contributed by atoms with Crippen LogP contribution in [0.3, 0.4) is 0 Å². The highest BCUT2D eigenvalue weighted by Gasteiger charge is 2.20. The highest BCUT2D eigenvalue weighted by molar-refractivity contribution is 6.58. The van der Waals surface area contributed by atoms with Crippen molar-refractivity contribution >= 4 is 24.3 Å². The second-order valence-electron chi connectivity index (χ2n) is 6.39. The summed E-state index contributed by atoms with van der Waals surface area (Å²) in [5, 5.41) is 29.7. The van der Waals surface area contributed by atoms with E-state index in [4.69, 9.17) is 4.74 Å². The molecule has 4 rings (SSSR count). The first-order valence-corrected chi connectivity index (χ1v) is 8.91. The maximum Gasteiger partial charge on any atom is 0.488 e. The van der Waals surface area contributed by atoms with Gasteiger partial charge in [-0.05, 0) is 42.6 Å². The number of rotatable bonds is 1. The molecule has 3 heterocycles. The van der Waals surface area contributed by atoms with Gasteiger partial charge in [0.1, 0.15) is 23.6 Å². The number of benzene rings is 1. The van der Waals surface area contributed by atoms with Crippen LogP contribution in [0, 0.1) is 0 Å². The number of aryl methyl sites for hydroxylation is 1. The van der Waals surface area contributed by atoms with Gasteiger partial charge in [-0.25, -0.2) is 4.98 Å². The van der Waals surface area contributed by atoms with Gasteiger partial charge in [0.2, 0.25) is 0 Å². The van der Waals surface area contributed by atoms with Crippen molar-refractivity contribution in [3.63, 3.8) is 0 Å². The highest BCUT2D eigenvalue weighted by Crippen LogP contribution is 2.22. The number of fused-ring (bicyclic) bond motifs is 5. The molecule has 0 fully saturated rings. The third-order valence-corrected chi connectivity index (χ3v) is 4.43. The van der Waals surface area contributed by atoms with Crippen molar-refractivity contribution in [2.75, 3.05) is 11.9 Å². The molecule has 28 heavy (non-hydrogen) atoms. The number of nitrogens with one attached hydrogen (secondary N) is 1. The molecule has 2 aromatic heterocycles. The first-order valence-electron chi connectivity index (χ1n) is 8.91. The van der Waals surface area contributed by atoms with Crippen LogP contribution < -0.4 is 15.5 Å². The van der Waals surface area contributed by atoms with E-state index >= 15 is 0 Å². The van der Waals surface area contributed by atoms with Gasteiger partial charge < -0.3 is 24.7 Å². The average molecular weight is 379 g/mol. The SMILES string of the molecule is O=C1Nc2cccc(n2)-c2nncn2CCCCOc2ccc(B(O)O)cc21. The molecular formula is C18H18BN5O4. The molecule has 1 aromatic carbocycles. The minimum atomic E-state index is -1.68. The van der Waals surface area contributed by atoms with Crippen LogP contribution in [0.2, 0.25) is 0 Å². The van der Waals surface area contributed by atoms with Crippen molar-refractivity contribution in [1.29, 1.82) is 0 Å². The van der Waals surface area contributed by atoms with Gasteiger partial charge in [-0.1, -0.05) is 12.1 Å². The lowest BCUT2D eigenvalue weighted by Gasteiger charge is -2.15. The molecule has 3 N–H and O–H groups in total. The monoisotopic (exact) mass is 379 g/mol. The van der Waals surface area contributed by atoms with Crippen LogP contribution in [0.25, 0.3) is 11.5 Å². The third-order valence-electron chi connectivity index (χ3n) is 4.43. The van der Waals surface area contributed by atoms with Gasteiger partial charge in [-0.3, -0.25) is 4.79 Å². The molecule has 1 amide bonds. The normalized spacial score (nSPS) is 14.1. The van der Waals surface area contributed by atoms with Crippen LogP contribution in [0.4, 0.5) is 5.82 Å². The Morgan fingerprint density at radius 3 is 2.93 bits per heavy atom. The van der Waals surface area contributed by atoms with E-state index in [0.29, 0.717) is 36.2 Å². The molecule has 1 aliphatic rings. The molecule has 2 bridgehead atoms. The van der Waals surface area contributed by atoms with Crippen LogP contribution >= 0.6 is 0 Å². The summed E-state index contributed by atoms with van der Waals surface area (Å²) in [6, 6.07) is 9.73. The molecule has 0 unspecified atom stereocenters. The van der Waals surface area contributed by atoms with E-state index in [9.17, 15) is 14.8 Å². The summed E-state index contributed by atoms with van der Waals surface area (Å²) in [6.45, 7) is 1.13. The number of carbonyl (C=O) groups excluding carboxylic acids is 1. The first-order chi connectivity index (χ1) is 13.6. The molecule has 0 saturated carbocycles. The summed E-state index contributed by atoms with van der Waals surface area (Å²) in [6.07, 6.45) is 3.25. The zero-order valence-electron chi connectivity index (χ0n) is 14.9. The zero-order valence-corrected chi connectivity index (χ0v) is 14.9. The van der Waals surface area contributed by atoms with Crippen molar-refractivity contribution < 1.29 is 19.6 Å². The van der Waals surface area contributed by atoms with E-state index in [1.165, 1.54) is 12.1 Å². The number of ether oxygens (including phenoxy) is 1. The van der Waals surface area contributed by atoms with E-state index in [-0.39, 0.29) is 11.0 Å². The van der Waals surface area contributed by atoms with Gasteiger partial charge in [-0.2, -0.15) is 0 Å². The van der Waals surface area contributed by atoms with Gasteiger partial charge in [0.05, 0.1) is 12.2 Å². The van der Waals surface area contributed by atoms with Gasteiger partial charge in [0, 0.05) is 6.54 Å². The number of amides is 1. The van der Waals surface area contributed by atoms with Gasteiger partial charge in [0.15, 0.2) is 5.82 Å². The molecule has 1 aliphatic heterocycles. The minimum Gasteiger partial charge on any atom is -0.493 e. The number of hydrogen-bond donors (Lipinski definition) is 3. The molecule has 9 nitrogen and oxygen atoms in total. The smallest absolute Gasteiger partial charge is 0.488 e. The maximum absolute atomic E-state index is 12.8. The van der Waals surface area contributed by atoms with Crippen molar-refractivity contribution in [2.45, 2.75) is 19.4 Å². The Labute approximate surface area is 161 Å². The topological polar surface area (TPSA) is 122 Å². The lowest BCUT2D eigenvalue weighted by atomic mass is 9.79. The van der Waals surface area contributed by atoms with Crippen LogP contribution in [0.15, 0.2) is 42.7 Å². The molecule has 3 aromatic rings. The summed E-state index contributed by atoms with van der Waals surface area (Å²) in [5.74, 6) is 0.885. The van der Waals surface area contributed by atoms with Crippen molar-refractivity contribution in [3.05, 3.63) is 48.3 Å². The van der Waals surface area contributed by atoms with E-state index in [2.05, 4.69) is 20.5 Å². The quantitative estimate of drug-likeness (QED) is 0.525. The van der Waals surface area contributed by atoms with Gasteiger partial charge in [0.25, 0.3) is 5.91 Å². The Kier molecular flexibility index (Phi) is 5.05. The summed E-state index contributed by atoms with van der Waals surface area (Å²) < 4.78 is 7.70. The first kappa shape index (κ1) is 18.1. The van der Waals surface area contributed by atoms with Crippen LogP contribution in [-0.2, 0) is 6.54 Å². The molecule has 0 aliphatic carbocycles. The summed E-state index contributed by atoms with van der Waals surface area (Å²) in [5.41, 5.74) is 1.01. The van der Waals surface area contributed by atoms with Crippen LogP contribution in [-0.4, -0.2) is 49.4 Å². The predicted molar refractivity (Wildman–Crippen MR) is 102 cm³/mol. The highest BCUT2D eigenvalue weighted by atomic mass is 16.5. The van der Waals surface area contributed by atoms with Gasteiger partial charge >= 0.3 is 7.12 Å². The lowest BCUT2D eigenvalue weighted by Crippen LogP contribution is -2.31. The second kappa shape index (κ2) is 7.79. The fourth-order valence-corrected chi connectivity index (χ4v) is 3.01. The number of pyridine rings is 1. The molecule has 0 radical (unpaired) electrons. The molecule has 0 atom stereocenters. The lowest BCUT2D eigenvalue weighted by molar-refractivity contribution is 0.102. The molecule has 0 saturated heterocycles. The number of carbonyl (C=O) groups is 1. The Morgan fingerprint density at radius 1 is 1.18 bits per heavy atom. The number of anilines is 1. The van der Waals surface area contributed by atoms with Crippen molar-refractivity contribution in [2.24, 2.45) is 0 Å². The molecular weight excluding hydrogens is 361 g/mol. The second-order valence-corrected chi connectivity index (χ2v) is 6.39. The van der Waals surface area contributed by atoms with E-state index < -0.39 is 13.0 Å². The summed E-state index contributed by atoms with van der Waals surface area (Å²) in [7, 11) is -1.68. The molecule has 142 valence electrons. The van der Waals surface area contributed by atoms with Gasteiger partial charge in [-0.15, -0.1) is 10.2 Å². The zero-order chi connectivity index (χ0) is 19.5. The fraction of sp³-hybridized carbons (Fsp3) is 0.222. The molecule has 0 spiro atoms. The van der Waals surface area contributed by atoms with E-state index in [0.717, 1.165) is 12.8 Å². The Balaban J connectivity index is 1.74. The van der Waals surface area contributed by atoms with Crippen molar-refractivity contribution in [1.82, 2.24) is 19.7 Å². The van der Waals surface area contributed by atoms with Crippen LogP contribution in [0.5, 0.6) is 5.75 Å². The standard InChI is InChI=1S/C18H18BN5O4/c25-18-13-10-12(19(26)27)6-7-15(13)28-9-2-1-8-24-11-20-23-17(24)14-4-3-5-16(21-14)22-18/h3-7,10-11,26-27H,1-2,8-9H2,(H,21,22,25). The largest absolute Gasteiger partial charge is 0.493 e.